The maximum Gasteiger partial charge on any atom is 0.228 e. The average Bonchev–Trinajstić information content (AvgIpc) is 2.96. The summed E-state index contributed by atoms with van der Waals surface area (Å²) in [6.07, 6.45) is 0.918. The summed E-state index contributed by atoms with van der Waals surface area (Å²) in [5, 5.41) is 10.8. The van der Waals surface area contributed by atoms with Crippen molar-refractivity contribution in [1.82, 2.24) is 20.4 Å². The maximum atomic E-state index is 12.6. The fourth-order valence-electron chi connectivity index (χ4n) is 3.08. The molecule has 1 saturated heterocycles. The van der Waals surface area contributed by atoms with Crippen molar-refractivity contribution in [2.75, 3.05) is 13.1 Å². The Morgan fingerprint density at radius 1 is 1.50 bits per heavy atom. The van der Waals surface area contributed by atoms with Crippen LogP contribution >= 0.6 is 0 Å². The standard InChI is InChI=1S/C15H26N4O/c1-10(2)15(6-7-16-9-15)14(20)17-8-13-11(3)18-19(5)12(13)4/h10,16H,6-9H2,1-5H3,(H,17,20). The van der Waals surface area contributed by atoms with Crippen LogP contribution in [0.1, 0.15) is 37.2 Å². The van der Waals surface area contributed by atoms with Gasteiger partial charge in [0.25, 0.3) is 0 Å². The topological polar surface area (TPSA) is 59.0 Å². The van der Waals surface area contributed by atoms with Crippen LogP contribution < -0.4 is 10.6 Å². The molecule has 5 nitrogen and oxygen atoms in total. The second kappa shape index (κ2) is 5.56. The van der Waals surface area contributed by atoms with Gasteiger partial charge in [0, 0.05) is 31.4 Å². The van der Waals surface area contributed by atoms with E-state index in [1.165, 1.54) is 0 Å². The quantitative estimate of drug-likeness (QED) is 0.872. The van der Waals surface area contributed by atoms with E-state index in [9.17, 15) is 4.79 Å². The van der Waals surface area contributed by atoms with Gasteiger partial charge in [-0.15, -0.1) is 0 Å². The van der Waals surface area contributed by atoms with Crippen LogP contribution in [0.2, 0.25) is 0 Å². The molecule has 0 aromatic carbocycles. The number of hydrogen-bond acceptors (Lipinski definition) is 3. The molecule has 1 fully saturated rings. The third-order valence-corrected chi connectivity index (χ3v) is 4.83. The first-order valence-electron chi connectivity index (χ1n) is 7.36. The van der Waals surface area contributed by atoms with Crippen LogP contribution in [0, 0.1) is 25.2 Å². The van der Waals surface area contributed by atoms with Crippen LogP contribution in [0.25, 0.3) is 0 Å². The first kappa shape index (κ1) is 15.0. The number of carbonyl (C=O) groups is 1. The van der Waals surface area contributed by atoms with E-state index in [0.717, 1.165) is 36.5 Å². The van der Waals surface area contributed by atoms with Crippen LogP contribution in [0.3, 0.4) is 0 Å². The van der Waals surface area contributed by atoms with Gasteiger partial charge < -0.3 is 10.6 Å². The molecule has 1 aromatic heterocycles. The molecule has 2 heterocycles. The summed E-state index contributed by atoms with van der Waals surface area (Å²) in [5.74, 6) is 0.508. The summed E-state index contributed by atoms with van der Waals surface area (Å²) in [5.41, 5.74) is 2.98. The predicted octanol–water partition coefficient (Wildman–Crippen LogP) is 1.29. The molecule has 1 amide bonds. The summed E-state index contributed by atoms with van der Waals surface area (Å²) in [4.78, 5) is 12.6. The highest BCUT2D eigenvalue weighted by Gasteiger charge is 2.43. The number of aromatic nitrogens is 2. The Morgan fingerprint density at radius 3 is 2.65 bits per heavy atom. The number of carbonyl (C=O) groups excluding carboxylic acids is 1. The molecular weight excluding hydrogens is 252 g/mol. The normalized spacial score (nSPS) is 22.5. The lowest BCUT2D eigenvalue weighted by molar-refractivity contribution is -0.132. The van der Waals surface area contributed by atoms with E-state index in [1.54, 1.807) is 0 Å². The summed E-state index contributed by atoms with van der Waals surface area (Å²) in [7, 11) is 1.93. The molecule has 1 aromatic rings. The van der Waals surface area contributed by atoms with Crippen molar-refractivity contribution in [2.45, 2.75) is 40.7 Å². The lowest BCUT2D eigenvalue weighted by Crippen LogP contribution is -2.45. The van der Waals surface area contributed by atoms with Gasteiger partial charge in [-0.25, -0.2) is 0 Å². The van der Waals surface area contributed by atoms with E-state index in [4.69, 9.17) is 0 Å². The fraction of sp³-hybridized carbons (Fsp3) is 0.733. The fourth-order valence-corrected chi connectivity index (χ4v) is 3.08. The van der Waals surface area contributed by atoms with E-state index in [0.29, 0.717) is 12.5 Å². The Bertz CT molecular complexity index is 498. The van der Waals surface area contributed by atoms with Gasteiger partial charge in [-0.05, 0) is 32.7 Å². The first-order chi connectivity index (χ1) is 9.38. The Kier molecular flexibility index (Phi) is 4.18. The lowest BCUT2D eigenvalue weighted by atomic mass is 9.75. The molecule has 112 valence electrons. The highest BCUT2D eigenvalue weighted by atomic mass is 16.2. The van der Waals surface area contributed by atoms with Crippen LogP contribution in [0.15, 0.2) is 0 Å². The van der Waals surface area contributed by atoms with Gasteiger partial charge in [-0.1, -0.05) is 13.8 Å². The molecule has 2 N–H and O–H groups in total. The molecule has 0 saturated carbocycles. The summed E-state index contributed by atoms with van der Waals surface area (Å²) in [6.45, 7) is 10.6. The zero-order chi connectivity index (χ0) is 14.9. The van der Waals surface area contributed by atoms with Crippen molar-refractivity contribution in [2.24, 2.45) is 18.4 Å². The summed E-state index contributed by atoms with van der Waals surface area (Å²) < 4.78 is 1.87. The molecule has 5 heteroatoms. The van der Waals surface area contributed by atoms with Gasteiger partial charge in [0.15, 0.2) is 0 Å². The van der Waals surface area contributed by atoms with Crippen molar-refractivity contribution >= 4 is 5.91 Å². The molecule has 1 atom stereocenters. The highest BCUT2D eigenvalue weighted by molar-refractivity contribution is 5.83. The van der Waals surface area contributed by atoms with Gasteiger partial charge in [0.05, 0.1) is 11.1 Å². The third-order valence-electron chi connectivity index (χ3n) is 4.83. The van der Waals surface area contributed by atoms with Crippen molar-refractivity contribution in [1.29, 1.82) is 0 Å². The van der Waals surface area contributed by atoms with Crippen LogP contribution in [-0.2, 0) is 18.4 Å². The zero-order valence-corrected chi connectivity index (χ0v) is 13.2. The Hall–Kier alpha value is -1.36. The number of rotatable bonds is 4. The molecule has 1 aliphatic rings. The first-order valence-corrected chi connectivity index (χ1v) is 7.36. The molecule has 0 radical (unpaired) electrons. The monoisotopic (exact) mass is 278 g/mol. The number of nitrogens with zero attached hydrogens (tertiary/aromatic N) is 2. The van der Waals surface area contributed by atoms with Gasteiger partial charge in [0.2, 0.25) is 5.91 Å². The molecule has 2 rings (SSSR count). The van der Waals surface area contributed by atoms with E-state index in [2.05, 4.69) is 29.6 Å². The lowest BCUT2D eigenvalue weighted by Gasteiger charge is -2.31. The summed E-state index contributed by atoms with van der Waals surface area (Å²) >= 11 is 0. The molecule has 1 unspecified atom stereocenters. The van der Waals surface area contributed by atoms with E-state index in [1.807, 2.05) is 25.6 Å². The Morgan fingerprint density at radius 2 is 2.20 bits per heavy atom. The second-order valence-corrected chi connectivity index (χ2v) is 6.19. The van der Waals surface area contributed by atoms with Crippen molar-refractivity contribution in [3.8, 4) is 0 Å². The highest BCUT2D eigenvalue weighted by Crippen LogP contribution is 2.34. The van der Waals surface area contributed by atoms with Gasteiger partial charge in [0.1, 0.15) is 0 Å². The molecular formula is C15H26N4O. The second-order valence-electron chi connectivity index (χ2n) is 6.19. The Labute approximate surface area is 121 Å². The van der Waals surface area contributed by atoms with Crippen LogP contribution in [-0.4, -0.2) is 28.8 Å². The minimum absolute atomic E-state index is 0.167. The average molecular weight is 278 g/mol. The van der Waals surface area contributed by atoms with Crippen LogP contribution in [0.4, 0.5) is 0 Å². The van der Waals surface area contributed by atoms with Crippen molar-refractivity contribution in [3.63, 3.8) is 0 Å². The van der Waals surface area contributed by atoms with Crippen LogP contribution in [0.5, 0.6) is 0 Å². The third kappa shape index (κ3) is 2.46. The largest absolute Gasteiger partial charge is 0.351 e. The summed E-state index contributed by atoms with van der Waals surface area (Å²) in [6, 6.07) is 0. The predicted molar refractivity (Wildman–Crippen MR) is 79.3 cm³/mol. The minimum atomic E-state index is -0.260. The molecule has 0 aliphatic carbocycles. The molecule has 0 spiro atoms. The molecule has 20 heavy (non-hydrogen) atoms. The smallest absolute Gasteiger partial charge is 0.228 e. The number of amides is 1. The zero-order valence-electron chi connectivity index (χ0n) is 13.2. The molecule has 1 aliphatic heterocycles. The van der Waals surface area contributed by atoms with Gasteiger partial charge in [-0.2, -0.15) is 5.10 Å². The van der Waals surface area contributed by atoms with Crippen molar-refractivity contribution < 1.29 is 4.79 Å². The van der Waals surface area contributed by atoms with E-state index >= 15 is 0 Å². The van der Waals surface area contributed by atoms with Gasteiger partial charge >= 0.3 is 0 Å². The van der Waals surface area contributed by atoms with Gasteiger partial charge in [-0.3, -0.25) is 9.48 Å². The SMILES string of the molecule is Cc1nn(C)c(C)c1CNC(=O)C1(C(C)C)CCNC1. The van der Waals surface area contributed by atoms with E-state index < -0.39 is 0 Å². The minimum Gasteiger partial charge on any atom is -0.351 e. The number of hydrogen-bond donors (Lipinski definition) is 2. The number of aryl methyl sites for hydroxylation is 2. The molecule has 0 bridgehead atoms. The van der Waals surface area contributed by atoms with E-state index in [-0.39, 0.29) is 11.3 Å². The number of nitrogens with one attached hydrogen (secondary N) is 2. The Balaban J connectivity index is 2.08. The maximum absolute atomic E-state index is 12.6. The van der Waals surface area contributed by atoms with Crippen molar-refractivity contribution in [3.05, 3.63) is 17.0 Å².